The Labute approximate surface area is 78.0 Å². The molecule has 0 radical (unpaired) electrons. The van der Waals surface area contributed by atoms with Crippen molar-refractivity contribution in [1.82, 2.24) is 5.32 Å². The zero-order valence-electron chi connectivity index (χ0n) is 7.76. The third kappa shape index (κ3) is 1.89. The average molecular weight is 179 g/mol. The van der Waals surface area contributed by atoms with Crippen molar-refractivity contribution in [2.75, 3.05) is 6.54 Å². The summed E-state index contributed by atoms with van der Waals surface area (Å²) < 4.78 is 12.9. The van der Waals surface area contributed by atoms with Crippen LogP contribution in [0.4, 0.5) is 4.39 Å². The van der Waals surface area contributed by atoms with Crippen molar-refractivity contribution in [3.8, 4) is 0 Å². The lowest BCUT2D eigenvalue weighted by molar-refractivity contribution is 0.619. The van der Waals surface area contributed by atoms with Gasteiger partial charge in [-0.3, -0.25) is 0 Å². The van der Waals surface area contributed by atoms with Gasteiger partial charge < -0.3 is 5.32 Å². The van der Waals surface area contributed by atoms with Crippen LogP contribution in [0.3, 0.4) is 0 Å². The van der Waals surface area contributed by atoms with Crippen LogP contribution in [-0.4, -0.2) is 12.6 Å². The SMILES string of the molecule is CC1CC(c2cccc(F)c2)CN1. The molecule has 13 heavy (non-hydrogen) atoms. The highest BCUT2D eigenvalue weighted by Gasteiger charge is 2.21. The molecule has 1 nitrogen and oxygen atoms in total. The molecule has 1 aliphatic heterocycles. The van der Waals surface area contributed by atoms with Crippen molar-refractivity contribution >= 4 is 0 Å². The highest BCUT2D eigenvalue weighted by atomic mass is 19.1. The summed E-state index contributed by atoms with van der Waals surface area (Å²) in [5.41, 5.74) is 1.12. The van der Waals surface area contributed by atoms with E-state index in [1.165, 1.54) is 6.07 Å². The molecular formula is C11H14FN. The molecule has 0 bridgehead atoms. The molecule has 1 fully saturated rings. The maximum Gasteiger partial charge on any atom is 0.123 e. The highest BCUT2D eigenvalue weighted by molar-refractivity contribution is 5.22. The second-order valence-corrected chi connectivity index (χ2v) is 3.80. The third-order valence-corrected chi connectivity index (χ3v) is 2.67. The predicted molar refractivity (Wildman–Crippen MR) is 51.2 cm³/mol. The quantitative estimate of drug-likeness (QED) is 0.697. The molecule has 0 spiro atoms. The molecule has 1 aromatic carbocycles. The smallest absolute Gasteiger partial charge is 0.123 e. The van der Waals surface area contributed by atoms with E-state index in [0.29, 0.717) is 12.0 Å². The number of benzene rings is 1. The second kappa shape index (κ2) is 3.46. The van der Waals surface area contributed by atoms with Gasteiger partial charge in [-0.25, -0.2) is 4.39 Å². The first-order valence-electron chi connectivity index (χ1n) is 4.74. The van der Waals surface area contributed by atoms with Gasteiger partial charge in [-0.2, -0.15) is 0 Å². The standard InChI is InChI=1S/C11H14FN/c1-8-5-10(7-13-8)9-3-2-4-11(12)6-9/h2-4,6,8,10,13H,5,7H2,1H3. The molecule has 1 saturated heterocycles. The minimum atomic E-state index is -0.128. The van der Waals surface area contributed by atoms with Gasteiger partial charge in [0.15, 0.2) is 0 Å². The maximum absolute atomic E-state index is 12.9. The average Bonchev–Trinajstić information content (AvgIpc) is 2.52. The van der Waals surface area contributed by atoms with Crippen LogP contribution in [0.15, 0.2) is 24.3 Å². The van der Waals surface area contributed by atoms with Crippen molar-refractivity contribution < 1.29 is 4.39 Å². The van der Waals surface area contributed by atoms with Crippen molar-refractivity contribution in [3.63, 3.8) is 0 Å². The summed E-state index contributed by atoms with van der Waals surface area (Å²) in [6.07, 6.45) is 1.11. The predicted octanol–water partition coefficient (Wildman–Crippen LogP) is 2.29. The molecule has 0 saturated carbocycles. The molecule has 0 aromatic heterocycles. The molecular weight excluding hydrogens is 165 g/mol. The lowest BCUT2D eigenvalue weighted by Crippen LogP contribution is -2.16. The first-order valence-corrected chi connectivity index (χ1v) is 4.74. The Kier molecular flexibility index (Phi) is 2.32. The van der Waals surface area contributed by atoms with Crippen LogP contribution in [0.1, 0.15) is 24.8 Å². The number of nitrogens with one attached hydrogen (secondary N) is 1. The van der Waals surface area contributed by atoms with Crippen LogP contribution in [0.2, 0.25) is 0 Å². The van der Waals surface area contributed by atoms with E-state index in [1.54, 1.807) is 12.1 Å². The summed E-state index contributed by atoms with van der Waals surface area (Å²) in [5.74, 6) is 0.364. The summed E-state index contributed by atoms with van der Waals surface area (Å²) in [7, 11) is 0. The van der Waals surface area contributed by atoms with E-state index in [2.05, 4.69) is 12.2 Å². The van der Waals surface area contributed by atoms with Gasteiger partial charge in [0.1, 0.15) is 5.82 Å². The zero-order chi connectivity index (χ0) is 9.26. The number of rotatable bonds is 1. The monoisotopic (exact) mass is 179 g/mol. The number of halogens is 1. The van der Waals surface area contributed by atoms with E-state index in [4.69, 9.17) is 0 Å². The van der Waals surface area contributed by atoms with Gasteiger partial charge >= 0.3 is 0 Å². The summed E-state index contributed by atoms with van der Waals surface area (Å²) in [4.78, 5) is 0. The topological polar surface area (TPSA) is 12.0 Å². The minimum absolute atomic E-state index is 0.128. The van der Waals surface area contributed by atoms with Crippen LogP contribution in [0.25, 0.3) is 0 Å². The van der Waals surface area contributed by atoms with Crippen LogP contribution < -0.4 is 5.32 Å². The van der Waals surface area contributed by atoms with Crippen molar-refractivity contribution in [2.45, 2.75) is 25.3 Å². The van der Waals surface area contributed by atoms with Crippen molar-refractivity contribution in [2.24, 2.45) is 0 Å². The third-order valence-electron chi connectivity index (χ3n) is 2.67. The molecule has 70 valence electrons. The number of hydrogen-bond acceptors (Lipinski definition) is 1. The Hall–Kier alpha value is -0.890. The first kappa shape index (κ1) is 8.70. The molecule has 2 heteroatoms. The fourth-order valence-electron chi connectivity index (χ4n) is 1.95. The lowest BCUT2D eigenvalue weighted by Gasteiger charge is -2.08. The van der Waals surface area contributed by atoms with Gasteiger partial charge in [0.05, 0.1) is 0 Å². The number of hydrogen-bond donors (Lipinski definition) is 1. The summed E-state index contributed by atoms with van der Waals surface area (Å²) in [6.45, 7) is 3.14. The molecule has 1 aliphatic rings. The normalized spacial score (nSPS) is 27.8. The Bertz CT molecular complexity index is 298. The van der Waals surface area contributed by atoms with Gasteiger partial charge in [0.2, 0.25) is 0 Å². The van der Waals surface area contributed by atoms with Gasteiger partial charge in [0.25, 0.3) is 0 Å². The molecule has 2 unspecified atom stereocenters. The van der Waals surface area contributed by atoms with E-state index < -0.39 is 0 Å². The van der Waals surface area contributed by atoms with E-state index in [9.17, 15) is 4.39 Å². The van der Waals surface area contributed by atoms with E-state index >= 15 is 0 Å². The van der Waals surface area contributed by atoms with Crippen LogP contribution >= 0.6 is 0 Å². The van der Waals surface area contributed by atoms with E-state index in [-0.39, 0.29) is 5.82 Å². The van der Waals surface area contributed by atoms with Crippen LogP contribution in [0.5, 0.6) is 0 Å². The molecule has 0 amide bonds. The fraction of sp³-hybridized carbons (Fsp3) is 0.455. The fourth-order valence-corrected chi connectivity index (χ4v) is 1.95. The van der Waals surface area contributed by atoms with E-state index in [1.807, 2.05) is 6.07 Å². The minimum Gasteiger partial charge on any atom is -0.314 e. The summed E-state index contributed by atoms with van der Waals surface area (Å²) in [6, 6.07) is 7.49. The Morgan fingerprint density at radius 1 is 1.46 bits per heavy atom. The van der Waals surface area contributed by atoms with Gasteiger partial charge in [0, 0.05) is 12.6 Å². The Morgan fingerprint density at radius 3 is 2.92 bits per heavy atom. The van der Waals surface area contributed by atoms with Crippen molar-refractivity contribution in [3.05, 3.63) is 35.6 Å². The molecule has 2 atom stereocenters. The summed E-state index contributed by atoms with van der Waals surface area (Å²) in [5, 5.41) is 3.37. The Morgan fingerprint density at radius 2 is 2.31 bits per heavy atom. The molecule has 1 heterocycles. The molecule has 1 N–H and O–H groups in total. The Balaban J connectivity index is 2.16. The van der Waals surface area contributed by atoms with Gasteiger partial charge in [-0.15, -0.1) is 0 Å². The first-order chi connectivity index (χ1) is 6.25. The molecule has 1 aromatic rings. The van der Waals surface area contributed by atoms with Crippen LogP contribution in [0, 0.1) is 5.82 Å². The van der Waals surface area contributed by atoms with Gasteiger partial charge in [-0.05, 0) is 37.0 Å². The highest BCUT2D eigenvalue weighted by Crippen LogP contribution is 2.25. The van der Waals surface area contributed by atoms with Crippen molar-refractivity contribution in [1.29, 1.82) is 0 Å². The second-order valence-electron chi connectivity index (χ2n) is 3.80. The van der Waals surface area contributed by atoms with Crippen LogP contribution in [-0.2, 0) is 0 Å². The lowest BCUT2D eigenvalue weighted by atomic mass is 9.97. The summed E-state index contributed by atoms with van der Waals surface area (Å²) >= 11 is 0. The zero-order valence-corrected chi connectivity index (χ0v) is 7.76. The van der Waals surface area contributed by atoms with Gasteiger partial charge in [-0.1, -0.05) is 12.1 Å². The maximum atomic E-state index is 12.9. The molecule has 2 rings (SSSR count). The largest absolute Gasteiger partial charge is 0.314 e. The van der Waals surface area contributed by atoms with E-state index in [0.717, 1.165) is 18.5 Å². The molecule has 0 aliphatic carbocycles.